The van der Waals surface area contributed by atoms with Crippen molar-refractivity contribution in [2.24, 2.45) is 5.41 Å². The highest BCUT2D eigenvalue weighted by Gasteiger charge is 2.49. The summed E-state index contributed by atoms with van der Waals surface area (Å²) < 4.78 is 15.6. The molecule has 7 nitrogen and oxygen atoms in total. The van der Waals surface area contributed by atoms with Crippen LogP contribution in [-0.2, 0) is 30.4 Å². The van der Waals surface area contributed by atoms with Gasteiger partial charge >= 0.3 is 18.0 Å². The molecule has 1 saturated heterocycles. The second kappa shape index (κ2) is 8.41. The Morgan fingerprint density at radius 1 is 1.15 bits per heavy atom. The molecule has 27 heavy (non-hydrogen) atoms. The maximum Gasteiger partial charge on any atom is 0.410 e. The van der Waals surface area contributed by atoms with E-state index in [1.807, 2.05) is 30.3 Å². The number of nitrogens with zero attached hydrogens (tertiary/aromatic N) is 1. The molecule has 1 aliphatic rings. The minimum atomic E-state index is -1.11. The number of benzene rings is 1. The predicted octanol–water partition coefficient (Wildman–Crippen LogP) is 2.92. The molecule has 1 aliphatic heterocycles. The summed E-state index contributed by atoms with van der Waals surface area (Å²) in [5.41, 5.74) is -0.887. The lowest BCUT2D eigenvalue weighted by molar-refractivity contribution is -0.165. The van der Waals surface area contributed by atoms with Crippen molar-refractivity contribution in [1.82, 2.24) is 4.90 Å². The average molecular weight is 377 g/mol. The zero-order chi connectivity index (χ0) is 20.1. The SMILES string of the molecule is COC(=O)C1(CC(=O)OC(C)(C)C)CCN(C(=O)OCc2ccccc2)C1. The summed E-state index contributed by atoms with van der Waals surface area (Å²) in [6, 6.07) is 9.33. The number of methoxy groups -OCH3 is 1. The second-order valence-electron chi connectivity index (χ2n) is 7.75. The summed E-state index contributed by atoms with van der Waals surface area (Å²) in [5.74, 6) is -1.01. The molecule has 0 N–H and O–H groups in total. The van der Waals surface area contributed by atoms with Crippen molar-refractivity contribution in [3.63, 3.8) is 0 Å². The monoisotopic (exact) mass is 377 g/mol. The van der Waals surface area contributed by atoms with E-state index in [2.05, 4.69) is 0 Å². The number of rotatable bonds is 5. The Bertz CT molecular complexity index is 681. The smallest absolute Gasteiger partial charge is 0.410 e. The van der Waals surface area contributed by atoms with Crippen LogP contribution in [0.2, 0.25) is 0 Å². The zero-order valence-corrected chi connectivity index (χ0v) is 16.3. The van der Waals surface area contributed by atoms with Crippen LogP contribution in [0.5, 0.6) is 0 Å². The van der Waals surface area contributed by atoms with Crippen molar-refractivity contribution in [2.45, 2.75) is 45.8 Å². The van der Waals surface area contributed by atoms with Crippen LogP contribution in [-0.4, -0.2) is 48.7 Å². The Kier molecular flexibility index (Phi) is 6.46. The zero-order valence-electron chi connectivity index (χ0n) is 16.3. The lowest BCUT2D eigenvalue weighted by Gasteiger charge is -2.27. The Morgan fingerprint density at radius 3 is 2.41 bits per heavy atom. The van der Waals surface area contributed by atoms with Gasteiger partial charge in [0, 0.05) is 13.1 Å². The third kappa shape index (κ3) is 5.70. The van der Waals surface area contributed by atoms with E-state index in [-0.39, 0.29) is 19.6 Å². The van der Waals surface area contributed by atoms with Crippen molar-refractivity contribution >= 4 is 18.0 Å². The molecule has 7 heteroatoms. The molecule has 1 atom stereocenters. The van der Waals surface area contributed by atoms with Crippen molar-refractivity contribution < 1.29 is 28.6 Å². The average Bonchev–Trinajstić information content (AvgIpc) is 3.03. The van der Waals surface area contributed by atoms with E-state index in [0.29, 0.717) is 13.0 Å². The third-order valence-electron chi connectivity index (χ3n) is 4.34. The summed E-state index contributed by atoms with van der Waals surface area (Å²) in [6.07, 6.45) is -0.340. The van der Waals surface area contributed by atoms with Gasteiger partial charge in [0.2, 0.25) is 0 Å². The van der Waals surface area contributed by atoms with E-state index in [9.17, 15) is 14.4 Å². The number of carbonyl (C=O) groups is 3. The summed E-state index contributed by atoms with van der Waals surface area (Å²) in [4.78, 5) is 38.4. The van der Waals surface area contributed by atoms with Crippen molar-refractivity contribution in [1.29, 1.82) is 0 Å². The molecule has 1 unspecified atom stereocenters. The molecule has 148 valence electrons. The van der Waals surface area contributed by atoms with Crippen molar-refractivity contribution in [2.75, 3.05) is 20.2 Å². The highest BCUT2D eigenvalue weighted by Crippen LogP contribution is 2.36. The highest BCUT2D eigenvalue weighted by atomic mass is 16.6. The molecule has 1 aromatic rings. The molecule has 0 spiro atoms. The fraction of sp³-hybridized carbons (Fsp3) is 0.550. The van der Waals surface area contributed by atoms with Crippen LogP contribution in [0.1, 0.15) is 39.2 Å². The van der Waals surface area contributed by atoms with E-state index in [0.717, 1.165) is 5.56 Å². The molecule has 1 fully saturated rings. The second-order valence-corrected chi connectivity index (χ2v) is 7.75. The lowest BCUT2D eigenvalue weighted by Crippen LogP contribution is -2.40. The van der Waals surface area contributed by atoms with Crippen molar-refractivity contribution in [3.8, 4) is 0 Å². The maximum atomic E-state index is 12.4. The Hall–Kier alpha value is -2.57. The minimum Gasteiger partial charge on any atom is -0.469 e. The molecule has 0 saturated carbocycles. The summed E-state index contributed by atoms with van der Waals surface area (Å²) in [7, 11) is 1.27. The number of amides is 1. The van der Waals surface area contributed by atoms with Crippen LogP contribution < -0.4 is 0 Å². The third-order valence-corrected chi connectivity index (χ3v) is 4.34. The van der Waals surface area contributed by atoms with Gasteiger partial charge in [-0.05, 0) is 32.8 Å². The van der Waals surface area contributed by atoms with E-state index in [1.54, 1.807) is 20.8 Å². The van der Waals surface area contributed by atoms with Gasteiger partial charge in [0.1, 0.15) is 12.2 Å². The maximum absolute atomic E-state index is 12.4. The van der Waals surface area contributed by atoms with E-state index in [1.165, 1.54) is 12.0 Å². The molecule has 1 amide bonds. The normalized spacial score (nSPS) is 19.5. The van der Waals surface area contributed by atoms with Gasteiger partial charge in [-0.1, -0.05) is 30.3 Å². The number of hydrogen-bond acceptors (Lipinski definition) is 6. The standard InChI is InChI=1S/C20H27NO6/c1-19(2,3)27-16(22)12-20(17(23)25-4)10-11-21(14-20)18(24)26-13-15-8-6-5-7-9-15/h5-9H,10-14H2,1-4H3. The van der Waals surface area contributed by atoms with E-state index < -0.39 is 29.0 Å². The first kappa shape index (κ1) is 20.7. The fourth-order valence-electron chi connectivity index (χ4n) is 3.09. The predicted molar refractivity (Wildman–Crippen MR) is 97.7 cm³/mol. The Balaban J connectivity index is 2.01. The highest BCUT2D eigenvalue weighted by molar-refractivity contribution is 5.85. The van der Waals surface area contributed by atoms with Gasteiger partial charge in [-0.3, -0.25) is 9.59 Å². The molecule has 1 aromatic carbocycles. The number of esters is 2. The summed E-state index contributed by atoms with van der Waals surface area (Å²) >= 11 is 0. The number of hydrogen-bond donors (Lipinski definition) is 0. The molecule has 0 radical (unpaired) electrons. The molecular formula is C20H27NO6. The Morgan fingerprint density at radius 2 is 1.81 bits per heavy atom. The van der Waals surface area contributed by atoms with Gasteiger partial charge in [-0.25, -0.2) is 4.79 Å². The van der Waals surface area contributed by atoms with Gasteiger partial charge in [0.25, 0.3) is 0 Å². The molecule has 0 bridgehead atoms. The fourth-order valence-corrected chi connectivity index (χ4v) is 3.09. The van der Waals surface area contributed by atoms with Gasteiger partial charge in [0.15, 0.2) is 0 Å². The molecule has 1 heterocycles. The topological polar surface area (TPSA) is 82.1 Å². The molecule has 2 rings (SSSR count). The first-order valence-electron chi connectivity index (χ1n) is 8.91. The largest absolute Gasteiger partial charge is 0.469 e. The van der Waals surface area contributed by atoms with Crippen LogP contribution in [0, 0.1) is 5.41 Å². The van der Waals surface area contributed by atoms with E-state index >= 15 is 0 Å². The molecule has 0 aliphatic carbocycles. The van der Waals surface area contributed by atoms with Gasteiger partial charge in [-0.15, -0.1) is 0 Å². The number of ether oxygens (including phenoxy) is 3. The first-order chi connectivity index (χ1) is 12.6. The Labute approximate surface area is 159 Å². The molecule has 0 aromatic heterocycles. The van der Waals surface area contributed by atoms with Gasteiger partial charge in [0.05, 0.1) is 18.9 Å². The number of likely N-dealkylation sites (tertiary alicyclic amines) is 1. The number of carbonyl (C=O) groups excluding carboxylic acids is 3. The van der Waals surface area contributed by atoms with Crippen molar-refractivity contribution in [3.05, 3.63) is 35.9 Å². The van der Waals surface area contributed by atoms with Crippen LogP contribution in [0.15, 0.2) is 30.3 Å². The lowest BCUT2D eigenvalue weighted by atomic mass is 9.83. The van der Waals surface area contributed by atoms with Crippen LogP contribution in [0.3, 0.4) is 0 Å². The van der Waals surface area contributed by atoms with Gasteiger partial charge in [-0.2, -0.15) is 0 Å². The quantitative estimate of drug-likeness (QED) is 0.580. The summed E-state index contributed by atoms with van der Waals surface area (Å²) in [5, 5.41) is 0. The summed E-state index contributed by atoms with van der Waals surface area (Å²) in [6.45, 7) is 5.80. The van der Waals surface area contributed by atoms with Crippen LogP contribution in [0.25, 0.3) is 0 Å². The van der Waals surface area contributed by atoms with Crippen LogP contribution >= 0.6 is 0 Å². The van der Waals surface area contributed by atoms with Gasteiger partial charge < -0.3 is 19.1 Å². The van der Waals surface area contributed by atoms with Crippen LogP contribution in [0.4, 0.5) is 4.79 Å². The first-order valence-corrected chi connectivity index (χ1v) is 8.91. The molecular weight excluding hydrogens is 350 g/mol. The minimum absolute atomic E-state index is 0.0620. The van der Waals surface area contributed by atoms with E-state index in [4.69, 9.17) is 14.2 Å².